The van der Waals surface area contributed by atoms with Crippen molar-refractivity contribution in [2.45, 2.75) is 0 Å². The zero-order valence-corrected chi connectivity index (χ0v) is 17.1. The molecule has 2 amide bonds. The fraction of sp³-hybridized carbons (Fsp3) is 0.238. The van der Waals surface area contributed by atoms with Crippen LogP contribution in [0.2, 0.25) is 5.02 Å². The molecule has 0 spiro atoms. The normalized spacial score (nSPS) is 13.9. The molecule has 0 fully saturated rings. The predicted octanol–water partition coefficient (Wildman–Crippen LogP) is 3.20. The molecule has 152 valence electrons. The standard InChI is InChI=1S/C21H21ClN2O5/c1-27-9-8-24-20(25)18(13-4-6-14(22)7-5-13)19(21(24)26)23-15-10-16(28-2)12-17(11-15)29-3/h4-7,10-12,23H,8-9H2,1-3H3. The first-order valence-electron chi connectivity index (χ1n) is 8.84. The van der Waals surface area contributed by atoms with E-state index in [0.29, 0.717) is 27.8 Å². The molecular weight excluding hydrogens is 396 g/mol. The van der Waals surface area contributed by atoms with E-state index in [-0.39, 0.29) is 24.4 Å². The maximum atomic E-state index is 13.0. The van der Waals surface area contributed by atoms with Gasteiger partial charge in [-0.2, -0.15) is 0 Å². The van der Waals surface area contributed by atoms with Crippen LogP contribution in [0.5, 0.6) is 11.5 Å². The number of hydrogen-bond acceptors (Lipinski definition) is 6. The van der Waals surface area contributed by atoms with Crippen molar-refractivity contribution in [3.05, 3.63) is 58.7 Å². The minimum atomic E-state index is -0.432. The van der Waals surface area contributed by atoms with Gasteiger partial charge in [0.2, 0.25) is 0 Å². The molecule has 1 aliphatic rings. The molecule has 2 aromatic carbocycles. The lowest BCUT2D eigenvalue weighted by molar-refractivity contribution is -0.137. The number of imide groups is 1. The van der Waals surface area contributed by atoms with Gasteiger partial charge < -0.3 is 19.5 Å². The van der Waals surface area contributed by atoms with E-state index in [0.717, 1.165) is 4.90 Å². The van der Waals surface area contributed by atoms with E-state index >= 15 is 0 Å². The highest BCUT2D eigenvalue weighted by atomic mass is 35.5. The number of methoxy groups -OCH3 is 3. The minimum absolute atomic E-state index is 0.151. The van der Waals surface area contributed by atoms with Crippen LogP contribution in [0, 0.1) is 0 Å². The van der Waals surface area contributed by atoms with Gasteiger partial charge in [0.05, 0.1) is 32.9 Å². The summed E-state index contributed by atoms with van der Waals surface area (Å²) >= 11 is 5.98. The van der Waals surface area contributed by atoms with Gasteiger partial charge in [-0.3, -0.25) is 14.5 Å². The van der Waals surface area contributed by atoms with Crippen molar-refractivity contribution in [2.75, 3.05) is 39.8 Å². The number of nitrogens with zero attached hydrogens (tertiary/aromatic N) is 1. The largest absolute Gasteiger partial charge is 0.497 e. The quantitative estimate of drug-likeness (QED) is 0.666. The number of carbonyl (C=O) groups excluding carboxylic acids is 2. The summed E-state index contributed by atoms with van der Waals surface area (Å²) < 4.78 is 15.6. The minimum Gasteiger partial charge on any atom is -0.497 e. The molecule has 2 aromatic rings. The highest BCUT2D eigenvalue weighted by Crippen LogP contribution is 2.33. The van der Waals surface area contributed by atoms with Crippen LogP contribution < -0.4 is 14.8 Å². The average Bonchev–Trinajstić information content (AvgIpc) is 2.96. The molecule has 0 aromatic heterocycles. The Kier molecular flexibility index (Phi) is 6.41. The van der Waals surface area contributed by atoms with Crippen molar-refractivity contribution in [1.29, 1.82) is 0 Å². The summed E-state index contributed by atoms with van der Waals surface area (Å²) in [6.07, 6.45) is 0. The molecule has 0 saturated carbocycles. The lowest BCUT2D eigenvalue weighted by Gasteiger charge is -2.15. The fourth-order valence-corrected chi connectivity index (χ4v) is 3.11. The van der Waals surface area contributed by atoms with Gasteiger partial charge in [0, 0.05) is 36.0 Å². The van der Waals surface area contributed by atoms with Gasteiger partial charge in [-0.1, -0.05) is 23.7 Å². The molecule has 1 heterocycles. The van der Waals surface area contributed by atoms with E-state index in [1.165, 1.54) is 21.3 Å². The molecule has 1 aliphatic heterocycles. The van der Waals surface area contributed by atoms with Gasteiger partial charge in [0.1, 0.15) is 17.2 Å². The second-order valence-corrected chi connectivity index (χ2v) is 6.67. The second-order valence-electron chi connectivity index (χ2n) is 6.24. The van der Waals surface area contributed by atoms with E-state index in [2.05, 4.69) is 5.32 Å². The Morgan fingerprint density at radius 1 is 0.931 bits per heavy atom. The Morgan fingerprint density at radius 3 is 2.10 bits per heavy atom. The Labute approximate surface area is 173 Å². The third kappa shape index (κ3) is 4.36. The Balaban J connectivity index is 2.06. The van der Waals surface area contributed by atoms with Crippen LogP contribution in [-0.4, -0.2) is 51.2 Å². The average molecular weight is 417 g/mol. The molecule has 0 radical (unpaired) electrons. The molecular formula is C21H21ClN2O5. The third-order valence-corrected chi connectivity index (χ3v) is 4.69. The van der Waals surface area contributed by atoms with Crippen LogP contribution >= 0.6 is 11.6 Å². The maximum Gasteiger partial charge on any atom is 0.278 e. The molecule has 8 heteroatoms. The first kappa shape index (κ1) is 20.7. The van der Waals surface area contributed by atoms with Gasteiger partial charge >= 0.3 is 0 Å². The Morgan fingerprint density at radius 2 is 1.55 bits per heavy atom. The first-order valence-corrected chi connectivity index (χ1v) is 9.21. The van der Waals surface area contributed by atoms with Crippen molar-refractivity contribution < 1.29 is 23.8 Å². The smallest absolute Gasteiger partial charge is 0.278 e. The van der Waals surface area contributed by atoms with Crippen molar-refractivity contribution in [3.8, 4) is 11.5 Å². The fourth-order valence-electron chi connectivity index (χ4n) is 2.99. The lowest BCUT2D eigenvalue weighted by Crippen LogP contribution is -2.35. The van der Waals surface area contributed by atoms with E-state index in [4.69, 9.17) is 25.8 Å². The number of rotatable bonds is 8. The molecule has 3 rings (SSSR count). The third-order valence-electron chi connectivity index (χ3n) is 4.44. The highest BCUT2D eigenvalue weighted by Gasteiger charge is 2.39. The number of benzene rings is 2. The van der Waals surface area contributed by atoms with Crippen LogP contribution in [0.4, 0.5) is 5.69 Å². The summed E-state index contributed by atoms with van der Waals surface area (Å²) in [5.74, 6) is 0.271. The number of nitrogens with one attached hydrogen (secondary N) is 1. The van der Waals surface area contributed by atoms with Crippen molar-refractivity contribution in [3.63, 3.8) is 0 Å². The second kappa shape index (κ2) is 8.98. The molecule has 7 nitrogen and oxygen atoms in total. The van der Waals surface area contributed by atoms with Crippen LogP contribution in [0.1, 0.15) is 5.56 Å². The van der Waals surface area contributed by atoms with E-state index in [9.17, 15) is 9.59 Å². The zero-order chi connectivity index (χ0) is 21.0. The number of anilines is 1. The summed E-state index contributed by atoms with van der Waals surface area (Å²) in [6.45, 7) is 0.392. The molecule has 0 saturated heterocycles. The number of ether oxygens (including phenoxy) is 3. The Bertz CT molecular complexity index is 934. The number of amides is 2. The Hall–Kier alpha value is -3.03. The van der Waals surface area contributed by atoms with Gasteiger partial charge in [0.25, 0.3) is 11.8 Å². The predicted molar refractivity (Wildman–Crippen MR) is 110 cm³/mol. The summed E-state index contributed by atoms with van der Waals surface area (Å²) in [7, 11) is 4.58. The first-order chi connectivity index (χ1) is 14.0. The summed E-state index contributed by atoms with van der Waals surface area (Å²) in [5.41, 5.74) is 1.58. The topological polar surface area (TPSA) is 77.1 Å². The molecule has 0 bridgehead atoms. The van der Waals surface area contributed by atoms with Crippen molar-refractivity contribution in [1.82, 2.24) is 4.90 Å². The van der Waals surface area contributed by atoms with Crippen molar-refractivity contribution in [2.24, 2.45) is 0 Å². The molecule has 0 unspecified atom stereocenters. The number of carbonyl (C=O) groups is 2. The van der Waals surface area contributed by atoms with E-state index in [1.54, 1.807) is 42.5 Å². The van der Waals surface area contributed by atoms with Gasteiger partial charge in [0.15, 0.2) is 0 Å². The zero-order valence-electron chi connectivity index (χ0n) is 16.3. The number of hydrogen-bond donors (Lipinski definition) is 1. The van der Waals surface area contributed by atoms with E-state index < -0.39 is 11.8 Å². The summed E-state index contributed by atoms with van der Waals surface area (Å²) in [4.78, 5) is 27.2. The highest BCUT2D eigenvalue weighted by molar-refractivity contribution is 6.36. The lowest BCUT2D eigenvalue weighted by atomic mass is 10.0. The van der Waals surface area contributed by atoms with Crippen LogP contribution in [-0.2, 0) is 14.3 Å². The van der Waals surface area contributed by atoms with Crippen molar-refractivity contribution >= 4 is 34.7 Å². The molecule has 0 atom stereocenters. The van der Waals surface area contributed by atoms with E-state index in [1.807, 2.05) is 0 Å². The number of halogens is 1. The molecule has 29 heavy (non-hydrogen) atoms. The SMILES string of the molecule is COCCN1C(=O)C(Nc2cc(OC)cc(OC)c2)=C(c2ccc(Cl)cc2)C1=O. The maximum absolute atomic E-state index is 13.0. The molecule has 0 aliphatic carbocycles. The van der Waals surface area contributed by atoms with Crippen LogP contribution in [0.3, 0.4) is 0 Å². The summed E-state index contributed by atoms with van der Waals surface area (Å²) in [6, 6.07) is 11.9. The monoisotopic (exact) mass is 416 g/mol. The van der Waals surface area contributed by atoms with Crippen LogP contribution in [0.15, 0.2) is 48.2 Å². The van der Waals surface area contributed by atoms with Crippen LogP contribution in [0.25, 0.3) is 5.57 Å². The molecule has 1 N–H and O–H groups in total. The van der Waals surface area contributed by atoms with Gasteiger partial charge in [-0.05, 0) is 17.7 Å². The summed E-state index contributed by atoms with van der Waals surface area (Å²) in [5, 5.41) is 3.61. The van der Waals surface area contributed by atoms with Gasteiger partial charge in [-0.25, -0.2) is 0 Å². The van der Waals surface area contributed by atoms with Gasteiger partial charge in [-0.15, -0.1) is 0 Å².